The zero-order chi connectivity index (χ0) is 18.1. The number of ether oxygens (including phenoxy) is 1. The maximum atomic E-state index is 12.7. The van der Waals surface area contributed by atoms with Gasteiger partial charge in [0.15, 0.2) is 0 Å². The van der Waals surface area contributed by atoms with Crippen LogP contribution in [0, 0.1) is 15.5 Å². The second-order valence-electron chi connectivity index (χ2n) is 6.62. The summed E-state index contributed by atoms with van der Waals surface area (Å²) in [7, 11) is -3.73. The predicted octanol–water partition coefficient (Wildman–Crippen LogP) is 1.42. The Bertz CT molecular complexity index is 729. The van der Waals surface area contributed by atoms with Gasteiger partial charge >= 0.3 is 0 Å². The number of nitro benzene ring substituents is 1. The van der Waals surface area contributed by atoms with Crippen LogP contribution in [0.15, 0.2) is 29.2 Å². The predicted molar refractivity (Wildman–Crippen MR) is 91.8 cm³/mol. The van der Waals surface area contributed by atoms with Crippen molar-refractivity contribution in [2.24, 2.45) is 5.41 Å². The Labute approximate surface area is 147 Å². The van der Waals surface area contributed by atoms with Gasteiger partial charge in [-0.25, -0.2) is 13.1 Å². The van der Waals surface area contributed by atoms with E-state index in [2.05, 4.69) is 10.0 Å². The van der Waals surface area contributed by atoms with Gasteiger partial charge in [0.1, 0.15) is 0 Å². The lowest BCUT2D eigenvalue weighted by Crippen LogP contribution is -2.69. The monoisotopic (exact) mass is 369 g/mol. The Kier molecular flexibility index (Phi) is 5.10. The first kappa shape index (κ1) is 18.2. The smallest absolute Gasteiger partial charge is 0.269 e. The normalized spacial score (nSPS) is 29.3. The van der Waals surface area contributed by atoms with Gasteiger partial charge in [-0.3, -0.25) is 10.1 Å². The molecule has 138 valence electrons. The standard InChI is InChI=1S/C16H23N3O5S/c1-2-24-15-10-14(16(15)8-3-9-17-11-16)18-25(22,23)13-6-4-12(5-7-13)19(20)21/h4-7,14-15,17-18H,2-3,8-11H2,1H3. The number of hydrogen-bond donors (Lipinski definition) is 2. The number of nitro groups is 1. The van der Waals surface area contributed by atoms with Crippen LogP contribution in [-0.2, 0) is 14.8 Å². The molecule has 1 aliphatic carbocycles. The minimum Gasteiger partial charge on any atom is -0.378 e. The van der Waals surface area contributed by atoms with Crippen molar-refractivity contribution in [3.8, 4) is 0 Å². The fourth-order valence-corrected chi connectivity index (χ4v) is 5.21. The Morgan fingerprint density at radius 3 is 2.68 bits per heavy atom. The minimum atomic E-state index is -3.73. The maximum Gasteiger partial charge on any atom is 0.269 e. The third kappa shape index (κ3) is 3.41. The van der Waals surface area contributed by atoms with Crippen molar-refractivity contribution in [2.45, 2.75) is 43.2 Å². The van der Waals surface area contributed by atoms with E-state index in [1.165, 1.54) is 24.3 Å². The first-order valence-electron chi connectivity index (χ1n) is 8.48. The van der Waals surface area contributed by atoms with Gasteiger partial charge in [0.2, 0.25) is 10.0 Å². The Morgan fingerprint density at radius 1 is 1.40 bits per heavy atom. The summed E-state index contributed by atoms with van der Waals surface area (Å²) in [6.45, 7) is 4.21. The molecular weight excluding hydrogens is 346 g/mol. The molecule has 3 atom stereocenters. The average Bonchev–Trinajstić information content (AvgIpc) is 2.61. The number of sulfonamides is 1. The zero-order valence-electron chi connectivity index (χ0n) is 14.1. The lowest BCUT2D eigenvalue weighted by Gasteiger charge is -2.57. The number of non-ortho nitro benzene ring substituents is 1. The Balaban J connectivity index is 1.77. The van der Waals surface area contributed by atoms with E-state index < -0.39 is 14.9 Å². The molecule has 3 rings (SSSR count). The van der Waals surface area contributed by atoms with Crippen LogP contribution in [0.2, 0.25) is 0 Å². The fraction of sp³-hybridized carbons (Fsp3) is 0.625. The van der Waals surface area contributed by atoms with Gasteiger partial charge in [-0.2, -0.15) is 0 Å². The largest absolute Gasteiger partial charge is 0.378 e. The summed E-state index contributed by atoms with van der Waals surface area (Å²) >= 11 is 0. The van der Waals surface area contributed by atoms with Gasteiger partial charge in [0.05, 0.1) is 15.9 Å². The lowest BCUT2D eigenvalue weighted by molar-refractivity contribution is -0.384. The molecule has 1 spiro atoms. The number of rotatable bonds is 6. The van der Waals surface area contributed by atoms with E-state index in [4.69, 9.17) is 4.74 Å². The molecule has 3 unspecified atom stereocenters. The molecule has 1 aromatic rings. The molecule has 1 heterocycles. The van der Waals surface area contributed by atoms with E-state index in [0.717, 1.165) is 25.9 Å². The van der Waals surface area contributed by atoms with Gasteiger partial charge < -0.3 is 10.1 Å². The first-order valence-corrected chi connectivity index (χ1v) is 9.96. The minimum absolute atomic E-state index is 0.0388. The molecule has 1 aliphatic heterocycles. The van der Waals surface area contributed by atoms with Crippen molar-refractivity contribution >= 4 is 15.7 Å². The molecule has 0 amide bonds. The van der Waals surface area contributed by atoms with Crippen molar-refractivity contribution in [3.05, 3.63) is 34.4 Å². The van der Waals surface area contributed by atoms with Crippen molar-refractivity contribution in [2.75, 3.05) is 19.7 Å². The van der Waals surface area contributed by atoms with E-state index in [1.807, 2.05) is 6.92 Å². The van der Waals surface area contributed by atoms with E-state index in [1.54, 1.807) is 0 Å². The van der Waals surface area contributed by atoms with Crippen LogP contribution in [0.25, 0.3) is 0 Å². The molecule has 1 saturated heterocycles. The van der Waals surface area contributed by atoms with Gasteiger partial charge in [-0.05, 0) is 44.9 Å². The van der Waals surface area contributed by atoms with Crippen LogP contribution in [0.5, 0.6) is 0 Å². The molecule has 0 radical (unpaired) electrons. The summed E-state index contributed by atoms with van der Waals surface area (Å²) in [5.74, 6) is 0. The second-order valence-corrected chi connectivity index (χ2v) is 8.33. The zero-order valence-corrected chi connectivity index (χ0v) is 14.9. The summed E-state index contributed by atoms with van der Waals surface area (Å²) in [6.07, 6.45) is 2.59. The molecular formula is C16H23N3O5S. The molecule has 1 aromatic carbocycles. The molecule has 1 saturated carbocycles. The van der Waals surface area contributed by atoms with E-state index in [9.17, 15) is 18.5 Å². The van der Waals surface area contributed by atoms with Crippen LogP contribution in [-0.4, -0.2) is 45.2 Å². The van der Waals surface area contributed by atoms with Crippen molar-refractivity contribution < 1.29 is 18.1 Å². The molecule has 9 heteroatoms. The third-order valence-electron chi connectivity index (χ3n) is 5.26. The van der Waals surface area contributed by atoms with E-state index >= 15 is 0 Å². The third-order valence-corrected chi connectivity index (χ3v) is 6.75. The second kappa shape index (κ2) is 6.99. The molecule has 2 aliphatic rings. The SMILES string of the molecule is CCOC1CC(NS(=O)(=O)c2ccc([N+](=O)[O-])cc2)C12CCCNC2. The van der Waals surface area contributed by atoms with Crippen LogP contribution in [0.3, 0.4) is 0 Å². The van der Waals surface area contributed by atoms with Crippen LogP contribution in [0.4, 0.5) is 5.69 Å². The average molecular weight is 369 g/mol. The highest BCUT2D eigenvalue weighted by Crippen LogP contribution is 2.48. The van der Waals surface area contributed by atoms with Gasteiger partial charge in [0.25, 0.3) is 5.69 Å². The van der Waals surface area contributed by atoms with Crippen molar-refractivity contribution in [3.63, 3.8) is 0 Å². The van der Waals surface area contributed by atoms with Crippen LogP contribution >= 0.6 is 0 Å². The van der Waals surface area contributed by atoms with Gasteiger partial charge in [0, 0.05) is 36.7 Å². The summed E-state index contributed by atoms with van der Waals surface area (Å²) in [4.78, 5) is 10.2. The van der Waals surface area contributed by atoms with Gasteiger partial charge in [-0.1, -0.05) is 0 Å². The summed E-state index contributed by atoms with van der Waals surface area (Å²) in [5, 5.41) is 14.1. The number of nitrogens with zero attached hydrogens (tertiary/aromatic N) is 1. The Morgan fingerprint density at radius 2 is 2.12 bits per heavy atom. The van der Waals surface area contributed by atoms with E-state index in [-0.39, 0.29) is 28.1 Å². The van der Waals surface area contributed by atoms with Crippen LogP contribution < -0.4 is 10.0 Å². The highest BCUT2D eigenvalue weighted by atomic mass is 32.2. The Hall–Kier alpha value is -1.55. The summed E-state index contributed by atoms with van der Waals surface area (Å²) in [6, 6.07) is 4.75. The summed E-state index contributed by atoms with van der Waals surface area (Å²) < 4.78 is 33.9. The topological polar surface area (TPSA) is 111 Å². The first-order chi connectivity index (χ1) is 11.9. The fourth-order valence-electron chi connectivity index (χ4n) is 3.87. The van der Waals surface area contributed by atoms with E-state index in [0.29, 0.717) is 13.0 Å². The lowest BCUT2D eigenvalue weighted by atomic mass is 9.58. The highest BCUT2D eigenvalue weighted by molar-refractivity contribution is 7.89. The molecule has 0 aromatic heterocycles. The number of benzene rings is 1. The molecule has 2 N–H and O–H groups in total. The number of hydrogen-bond acceptors (Lipinski definition) is 6. The molecule has 0 bridgehead atoms. The van der Waals surface area contributed by atoms with Crippen molar-refractivity contribution in [1.82, 2.24) is 10.0 Å². The summed E-state index contributed by atoms with van der Waals surface area (Å²) in [5.41, 5.74) is -0.353. The molecule has 2 fully saturated rings. The number of nitrogens with one attached hydrogen (secondary N) is 2. The molecule has 25 heavy (non-hydrogen) atoms. The highest BCUT2D eigenvalue weighted by Gasteiger charge is 2.57. The maximum absolute atomic E-state index is 12.7. The number of piperidine rings is 1. The molecule has 8 nitrogen and oxygen atoms in total. The van der Waals surface area contributed by atoms with Crippen LogP contribution in [0.1, 0.15) is 26.2 Å². The van der Waals surface area contributed by atoms with Crippen molar-refractivity contribution in [1.29, 1.82) is 0 Å². The quantitative estimate of drug-likeness (QED) is 0.580. The van der Waals surface area contributed by atoms with Gasteiger partial charge in [-0.15, -0.1) is 0 Å².